The molecule has 0 aromatic heterocycles. The van der Waals surface area contributed by atoms with Gasteiger partial charge in [-0.25, -0.2) is 4.39 Å². The van der Waals surface area contributed by atoms with E-state index in [1.807, 2.05) is 0 Å². The van der Waals surface area contributed by atoms with Gasteiger partial charge in [-0.3, -0.25) is 9.59 Å². The Morgan fingerprint density at radius 2 is 1.80 bits per heavy atom. The van der Waals surface area contributed by atoms with Gasteiger partial charge in [-0.2, -0.15) is 0 Å². The van der Waals surface area contributed by atoms with Gasteiger partial charge in [-0.1, -0.05) is 12.8 Å². The summed E-state index contributed by atoms with van der Waals surface area (Å²) in [7, 11) is 0. The maximum Gasteiger partial charge on any atom is 0.247 e. The minimum atomic E-state index is -0.514. The average Bonchev–Trinajstić information content (AvgIpc) is 2.92. The zero-order valence-electron chi connectivity index (χ0n) is 11.5. The molecule has 1 aliphatic rings. The van der Waals surface area contributed by atoms with E-state index in [0.29, 0.717) is 5.69 Å². The van der Waals surface area contributed by atoms with E-state index in [4.69, 9.17) is 0 Å². The second kappa shape index (κ2) is 6.50. The molecule has 0 radical (unpaired) electrons. The highest BCUT2D eigenvalue weighted by Crippen LogP contribution is 2.28. The highest BCUT2D eigenvalue weighted by molar-refractivity contribution is 5.97. The Kier molecular flexibility index (Phi) is 4.71. The van der Waals surface area contributed by atoms with E-state index < -0.39 is 6.04 Å². The van der Waals surface area contributed by atoms with Crippen LogP contribution in [0.2, 0.25) is 0 Å². The Labute approximate surface area is 117 Å². The summed E-state index contributed by atoms with van der Waals surface area (Å²) >= 11 is 0. The first-order chi connectivity index (χ1) is 9.56. The van der Waals surface area contributed by atoms with Crippen LogP contribution in [0.15, 0.2) is 24.3 Å². The van der Waals surface area contributed by atoms with Crippen LogP contribution in [0.3, 0.4) is 0 Å². The summed E-state index contributed by atoms with van der Waals surface area (Å²) in [6.07, 6.45) is 4.07. The SMILES string of the molecule is CC(=O)NC(C(=O)Nc1ccc(F)cc1)C1CCCC1. The van der Waals surface area contributed by atoms with E-state index in [9.17, 15) is 14.0 Å². The lowest BCUT2D eigenvalue weighted by Gasteiger charge is -2.23. The Morgan fingerprint density at radius 3 is 2.35 bits per heavy atom. The van der Waals surface area contributed by atoms with E-state index in [1.165, 1.54) is 31.2 Å². The van der Waals surface area contributed by atoms with Crippen LogP contribution in [0.5, 0.6) is 0 Å². The molecular weight excluding hydrogens is 259 g/mol. The van der Waals surface area contributed by atoms with Crippen molar-refractivity contribution in [3.63, 3.8) is 0 Å². The first-order valence-electron chi connectivity index (χ1n) is 6.90. The lowest BCUT2D eigenvalue weighted by Crippen LogP contribution is -2.47. The lowest BCUT2D eigenvalue weighted by molar-refractivity contribution is -0.126. The molecule has 1 aliphatic carbocycles. The number of halogens is 1. The van der Waals surface area contributed by atoms with Crippen molar-refractivity contribution in [1.29, 1.82) is 0 Å². The van der Waals surface area contributed by atoms with Crippen LogP contribution in [-0.4, -0.2) is 17.9 Å². The van der Waals surface area contributed by atoms with Gasteiger partial charge in [0.1, 0.15) is 11.9 Å². The third-order valence-electron chi connectivity index (χ3n) is 3.62. The number of nitrogens with one attached hydrogen (secondary N) is 2. The number of carbonyl (C=O) groups is 2. The van der Waals surface area contributed by atoms with Crippen molar-refractivity contribution in [2.24, 2.45) is 5.92 Å². The second-order valence-electron chi connectivity index (χ2n) is 5.22. The summed E-state index contributed by atoms with van der Waals surface area (Å²) in [6.45, 7) is 1.41. The van der Waals surface area contributed by atoms with Gasteiger partial charge >= 0.3 is 0 Å². The van der Waals surface area contributed by atoms with Gasteiger partial charge in [0.15, 0.2) is 0 Å². The molecule has 2 rings (SSSR count). The highest BCUT2D eigenvalue weighted by Gasteiger charge is 2.31. The van der Waals surface area contributed by atoms with E-state index in [2.05, 4.69) is 10.6 Å². The summed E-state index contributed by atoms with van der Waals surface area (Å²) in [4.78, 5) is 23.6. The average molecular weight is 278 g/mol. The number of hydrogen-bond acceptors (Lipinski definition) is 2. The molecule has 20 heavy (non-hydrogen) atoms. The van der Waals surface area contributed by atoms with Crippen molar-refractivity contribution in [3.05, 3.63) is 30.1 Å². The minimum absolute atomic E-state index is 0.180. The summed E-state index contributed by atoms with van der Waals surface area (Å²) in [6, 6.07) is 5.08. The van der Waals surface area contributed by atoms with Gasteiger partial charge in [0.2, 0.25) is 11.8 Å². The van der Waals surface area contributed by atoms with Crippen molar-refractivity contribution >= 4 is 17.5 Å². The number of carbonyl (C=O) groups excluding carboxylic acids is 2. The first kappa shape index (κ1) is 14.5. The zero-order valence-corrected chi connectivity index (χ0v) is 11.5. The molecule has 2 N–H and O–H groups in total. The van der Waals surface area contributed by atoms with Gasteiger partial charge in [0.25, 0.3) is 0 Å². The number of anilines is 1. The quantitative estimate of drug-likeness (QED) is 0.889. The predicted molar refractivity (Wildman–Crippen MR) is 74.6 cm³/mol. The molecule has 1 atom stereocenters. The van der Waals surface area contributed by atoms with Crippen LogP contribution < -0.4 is 10.6 Å². The predicted octanol–water partition coefficient (Wildman–Crippen LogP) is 2.46. The highest BCUT2D eigenvalue weighted by atomic mass is 19.1. The number of benzene rings is 1. The van der Waals surface area contributed by atoms with E-state index >= 15 is 0 Å². The van der Waals surface area contributed by atoms with E-state index in [1.54, 1.807) is 0 Å². The zero-order chi connectivity index (χ0) is 14.5. The summed E-state index contributed by atoms with van der Waals surface area (Å²) < 4.78 is 12.8. The van der Waals surface area contributed by atoms with Crippen LogP contribution >= 0.6 is 0 Å². The molecule has 108 valence electrons. The van der Waals surface area contributed by atoms with Gasteiger partial charge in [-0.05, 0) is 43.0 Å². The van der Waals surface area contributed by atoms with Crippen molar-refractivity contribution in [1.82, 2.24) is 5.32 Å². The van der Waals surface area contributed by atoms with E-state index in [0.717, 1.165) is 25.7 Å². The van der Waals surface area contributed by atoms with Crippen LogP contribution in [0, 0.1) is 11.7 Å². The largest absolute Gasteiger partial charge is 0.344 e. The molecule has 4 nitrogen and oxygen atoms in total. The topological polar surface area (TPSA) is 58.2 Å². The molecule has 1 fully saturated rings. The molecule has 0 bridgehead atoms. The monoisotopic (exact) mass is 278 g/mol. The number of rotatable bonds is 4. The van der Waals surface area contributed by atoms with Crippen molar-refractivity contribution in [2.45, 2.75) is 38.6 Å². The summed E-state index contributed by atoms with van der Waals surface area (Å²) in [5.74, 6) is -0.619. The Bertz CT molecular complexity index is 481. The van der Waals surface area contributed by atoms with Gasteiger partial charge in [0, 0.05) is 12.6 Å². The standard InChI is InChI=1S/C15H19FN2O2/c1-10(19)17-14(11-4-2-3-5-11)15(20)18-13-8-6-12(16)7-9-13/h6-9,11,14H,2-5H2,1H3,(H,17,19)(H,18,20). The third kappa shape index (κ3) is 3.79. The molecule has 0 heterocycles. The molecule has 5 heteroatoms. The smallest absolute Gasteiger partial charge is 0.247 e. The fourth-order valence-electron chi connectivity index (χ4n) is 2.66. The van der Waals surface area contributed by atoms with Crippen LogP contribution in [0.25, 0.3) is 0 Å². The fourth-order valence-corrected chi connectivity index (χ4v) is 2.66. The Hall–Kier alpha value is -1.91. The molecule has 1 saturated carbocycles. The Morgan fingerprint density at radius 1 is 1.20 bits per heavy atom. The molecule has 1 unspecified atom stereocenters. The van der Waals surface area contributed by atoms with Gasteiger partial charge < -0.3 is 10.6 Å². The maximum absolute atomic E-state index is 12.8. The number of amides is 2. The molecule has 0 saturated heterocycles. The summed E-state index contributed by atoms with van der Waals surface area (Å²) in [5, 5.41) is 5.46. The molecule has 2 amide bonds. The Balaban J connectivity index is 2.05. The fraction of sp³-hybridized carbons (Fsp3) is 0.467. The van der Waals surface area contributed by atoms with Crippen LogP contribution in [0.4, 0.5) is 10.1 Å². The molecule has 0 aliphatic heterocycles. The van der Waals surface area contributed by atoms with Crippen molar-refractivity contribution in [3.8, 4) is 0 Å². The van der Waals surface area contributed by atoms with Crippen LogP contribution in [0.1, 0.15) is 32.6 Å². The summed E-state index contributed by atoms with van der Waals surface area (Å²) in [5.41, 5.74) is 0.532. The van der Waals surface area contributed by atoms with Crippen LogP contribution in [-0.2, 0) is 9.59 Å². The van der Waals surface area contributed by atoms with Gasteiger partial charge in [-0.15, -0.1) is 0 Å². The second-order valence-corrected chi connectivity index (χ2v) is 5.22. The molecule has 1 aromatic rings. The number of hydrogen-bond donors (Lipinski definition) is 2. The van der Waals surface area contributed by atoms with Crippen molar-refractivity contribution in [2.75, 3.05) is 5.32 Å². The van der Waals surface area contributed by atoms with Crippen molar-refractivity contribution < 1.29 is 14.0 Å². The molecular formula is C15H19FN2O2. The normalized spacial score (nSPS) is 16.7. The lowest BCUT2D eigenvalue weighted by atomic mass is 9.97. The van der Waals surface area contributed by atoms with Gasteiger partial charge in [0.05, 0.1) is 0 Å². The molecule has 0 spiro atoms. The molecule has 1 aromatic carbocycles. The first-order valence-corrected chi connectivity index (χ1v) is 6.90. The third-order valence-corrected chi connectivity index (χ3v) is 3.62. The van der Waals surface area contributed by atoms with E-state index in [-0.39, 0.29) is 23.5 Å². The minimum Gasteiger partial charge on any atom is -0.344 e. The maximum atomic E-state index is 12.8.